The van der Waals surface area contributed by atoms with Crippen LogP contribution in [0.1, 0.15) is 34.6 Å². The molecule has 1 N–H and O–H groups in total. The lowest BCUT2D eigenvalue weighted by atomic mass is 10.3. The maximum atomic E-state index is 12.4. The van der Waals surface area contributed by atoms with Crippen LogP contribution in [0, 0.1) is 13.8 Å². The first-order chi connectivity index (χ1) is 13.8. The minimum Gasteiger partial charge on any atom is -0.486 e. The number of hydrogen-bond donors (Lipinski definition) is 1. The van der Waals surface area contributed by atoms with E-state index in [0.29, 0.717) is 22.9 Å². The van der Waals surface area contributed by atoms with Gasteiger partial charge in [0.15, 0.2) is 6.10 Å². The molecule has 1 aromatic carbocycles. The highest BCUT2D eigenvalue weighted by molar-refractivity contribution is 5.97. The fraction of sp³-hybridized carbons (Fsp3) is 0.286. The second kappa shape index (κ2) is 8.64. The zero-order valence-electron chi connectivity index (χ0n) is 16.8. The predicted octanol–water partition coefficient (Wildman–Crippen LogP) is 3.39. The van der Waals surface area contributed by atoms with Crippen LogP contribution >= 0.6 is 0 Å². The van der Waals surface area contributed by atoms with E-state index in [9.17, 15) is 9.59 Å². The third kappa shape index (κ3) is 4.84. The molecule has 152 valence electrons. The molecule has 0 aliphatic heterocycles. The molecule has 1 atom stereocenters. The van der Waals surface area contributed by atoms with Crippen LogP contribution in [0.3, 0.4) is 0 Å². The van der Waals surface area contributed by atoms with E-state index >= 15 is 0 Å². The van der Waals surface area contributed by atoms with Gasteiger partial charge in [0.2, 0.25) is 5.76 Å². The van der Waals surface area contributed by atoms with Gasteiger partial charge in [-0.1, -0.05) is 18.2 Å². The van der Waals surface area contributed by atoms with Gasteiger partial charge < -0.3 is 19.2 Å². The average Bonchev–Trinajstić information content (AvgIpc) is 3.27. The molecule has 0 unspecified atom stereocenters. The van der Waals surface area contributed by atoms with Crippen LogP contribution in [0.4, 0.5) is 5.69 Å². The number of carbonyl (C=O) groups excluding carboxylic acids is 2. The van der Waals surface area contributed by atoms with Gasteiger partial charge in [-0.25, -0.2) is 4.79 Å². The van der Waals surface area contributed by atoms with E-state index in [1.54, 1.807) is 24.7 Å². The number of hydrogen-bond acceptors (Lipinski definition) is 6. The van der Waals surface area contributed by atoms with Gasteiger partial charge in [-0.15, -0.1) is 0 Å². The number of benzene rings is 1. The number of nitrogens with zero attached hydrogens (tertiary/aromatic N) is 2. The summed E-state index contributed by atoms with van der Waals surface area (Å²) in [4.78, 5) is 24.7. The number of anilines is 1. The van der Waals surface area contributed by atoms with E-state index in [-0.39, 0.29) is 12.4 Å². The van der Waals surface area contributed by atoms with Crippen molar-refractivity contribution in [2.45, 2.75) is 33.5 Å². The molecule has 0 bridgehead atoms. The summed E-state index contributed by atoms with van der Waals surface area (Å²) >= 11 is 0. The van der Waals surface area contributed by atoms with Crippen LogP contribution in [-0.2, 0) is 23.2 Å². The first-order valence-electron chi connectivity index (χ1n) is 9.13. The first kappa shape index (κ1) is 20.2. The Morgan fingerprint density at radius 2 is 1.90 bits per heavy atom. The van der Waals surface area contributed by atoms with Gasteiger partial charge in [0.1, 0.15) is 18.1 Å². The fourth-order valence-corrected chi connectivity index (χ4v) is 2.69. The summed E-state index contributed by atoms with van der Waals surface area (Å²) < 4.78 is 17.9. The smallest absolute Gasteiger partial charge is 0.375 e. The SMILES string of the molecule is Cc1nn(C)c(C)c1NC(=O)[C@@H](C)OC(=O)c1ccc(COc2ccccc2)o1. The standard InChI is InChI=1S/C21H23N3O5/c1-13-19(14(2)24(4)23-13)22-20(25)15(3)28-21(26)18-11-10-17(29-18)12-27-16-8-6-5-7-9-16/h5-11,15H,12H2,1-4H3,(H,22,25)/t15-/m1/s1. The molecule has 8 heteroatoms. The molecule has 8 nitrogen and oxygen atoms in total. The van der Waals surface area contributed by atoms with Crippen molar-refractivity contribution in [3.63, 3.8) is 0 Å². The van der Waals surface area contributed by atoms with Crippen molar-refractivity contribution in [3.8, 4) is 5.75 Å². The number of aromatic nitrogens is 2. The predicted molar refractivity (Wildman–Crippen MR) is 106 cm³/mol. The minimum absolute atomic E-state index is 0.00468. The fourth-order valence-electron chi connectivity index (χ4n) is 2.69. The van der Waals surface area contributed by atoms with Crippen LogP contribution in [0.25, 0.3) is 0 Å². The Kier molecular flexibility index (Phi) is 6.01. The van der Waals surface area contributed by atoms with E-state index in [1.807, 2.05) is 37.3 Å². The first-order valence-corrected chi connectivity index (χ1v) is 9.13. The second-order valence-electron chi connectivity index (χ2n) is 6.57. The molecule has 1 amide bonds. The normalized spacial score (nSPS) is 11.7. The molecular formula is C21H23N3O5. The number of carbonyl (C=O) groups is 2. The van der Waals surface area contributed by atoms with E-state index in [2.05, 4.69) is 10.4 Å². The van der Waals surface area contributed by atoms with Crippen LogP contribution in [0.2, 0.25) is 0 Å². The van der Waals surface area contributed by atoms with Crippen molar-refractivity contribution in [2.24, 2.45) is 7.05 Å². The summed E-state index contributed by atoms with van der Waals surface area (Å²) in [6.45, 7) is 5.30. The van der Waals surface area contributed by atoms with Gasteiger partial charge in [0, 0.05) is 7.05 Å². The zero-order valence-corrected chi connectivity index (χ0v) is 16.8. The molecule has 0 aliphatic carbocycles. The molecule has 0 fully saturated rings. The van der Waals surface area contributed by atoms with Crippen molar-refractivity contribution in [1.29, 1.82) is 0 Å². The Morgan fingerprint density at radius 3 is 2.55 bits per heavy atom. The molecule has 3 aromatic rings. The zero-order chi connectivity index (χ0) is 21.0. The van der Waals surface area contributed by atoms with E-state index < -0.39 is 18.0 Å². The lowest BCUT2D eigenvalue weighted by Crippen LogP contribution is -2.30. The highest BCUT2D eigenvalue weighted by Gasteiger charge is 2.23. The molecule has 29 heavy (non-hydrogen) atoms. The van der Waals surface area contributed by atoms with Gasteiger partial charge in [-0.3, -0.25) is 9.48 Å². The van der Waals surface area contributed by atoms with Gasteiger partial charge in [-0.05, 0) is 45.0 Å². The summed E-state index contributed by atoms with van der Waals surface area (Å²) in [5.41, 5.74) is 2.10. The Bertz CT molecular complexity index is 1010. The minimum atomic E-state index is -1.00. The highest BCUT2D eigenvalue weighted by Crippen LogP contribution is 2.19. The lowest BCUT2D eigenvalue weighted by Gasteiger charge is -2.13. The summed E-state index contributed by atoms with van der Waals surface area (Å²) in [7, 11) is 1.79. The Hall–Kier alpha value is -3.55. The van der Waals surface area contributed by atoms with Gasteiger partial charge in [0.05, 0.1) is 17.1 Å². The number of furan rings is 1. The maximum Gasteiger partial charge on any atom is 0.375 e. The topological polar surface area (TPSA) is 95.6 Å². The van der Waals surface area contributed by atoms with Crippen LogP contribution in [0.15, 0.2) is 46.9 Å². The van der Waals surface area contributed by atoms with Gasteiger partial charge in [-0.2, -0.15) is 5.10 Å². The molecule has 0 radical (unpaired) electrons. The second-order valence-corrected chi connectivity index (χ2v) is 6.57. The molecule has 0 spiro atoms. The number of amides is 1. The van der Waals surface area contributed by atoms with Crippen molar-refractivity contribution in [2.75, 3.05) is 5.32 Å². The number of nitrogens with one attached hydrogen (secondary N) is 1. The van der Waals surface area contributed by atoms with Gasteiger partial charge >= 0.3 is 5.97 Å². The third-order valence-electron chi connectivity index (χ3n) is 4.40. The van der Waals surface area contributed by atoms with Crippen LogP contribution in [0.5, 0.6) is 5.75 Å². The average molecular weight is 397 g/mol. The molecule has 0 saturated heterocycles. The quantitative estimate of drug-likeness (QED) is 0.614. The van der Waals surface area contributed by atoms with E-state index in [1.165, 1.54) is 13.0 Å². The highest BCUT2D eigenvalue weighted by atomic mass is 16.6. The monoisotopic (exact) mass is 397 g/mol. The van der Waals surface area contributed by atoms with E-state index in [4.69, 9.17) is 13.9 Å². The molecular weight excluding hydrogens is 374 g/mol. The van der Waals surface area contributed by atoms with Crippen molar-refractivity contribution < 1.29 is 23.5 Å². The molecule has 0 saturated carbocycles. The summed E-state index contributed by atoms with van der Waals surface area (Å²) in [5, 5.41) is 6.99. The van der Waals surface area contributed by atoms with E-state index in [0.717, 1.165) is 5.69 Å². The lowest BCUT2D eigenvalue weighted by molar-refractivity contribution is -0.123. The third-order valence-corrected chi connectivity index (χ3v) is 4.40. The van der Waals surface area contributed by atoms with Crippen molar-refractivity contribution >= 4 is 17.6 Å². The summed E-state index contributed by atoms with van der Waals surface area (Å²) in [6, 6.07) is 12.4. The molecule has 2 heterocycles. The maximum absolute atomic E-state index is 12.4. The van der Waals surface area contributed by atoms with Crippen LogP contribution < -0.4 is 10.1 Å². The molecule has 0 aliphatic rings. The number of ether oxygens (including phenoxy) is 2. The molecule has 3 rings (SSSR count). The number of aryl methyl sites for hydroxylation is 2. The molecule has 2 aromatic heterocycles. The number of esters is 1. The van der Waals surface area contributed by atoms with Gasteiger partial charge in [0.25, 0.3) is 5.91 Å². The summed E-state index contributed by atoms with van der Waals surface area (Å²) in [6.07, 6.45) is -1.00. The number of para-hydroxylation sites is 1. The largest absolute Gasteiger partial charge is 0.486 e. The Balaban J connectivity index is 1.55. The van der Waals surface area contributed by atoms with Crippen LogP contribution in [-0.4, -0.2) is 27.8 Å². The summed E-state index contributed by atoms with van der Waals surface area (Å²) in [5.74, 6) is -0.00106. The Morgan fingerprint density at radius 1 is 1.17 bits per heavy atom. The Labute approximate surface area is 168 Å². The number of rotatable bonds is 7. The van der Waals surface area contributed by atoms with Crippen molar-refractivity contribution in [1.82, 2.24) is 9.78 Å². The van der Waals surface area contributed by atoms with Crippen molar-refractivity contribution in [3.05, 3.63) is 65.4 Å².